The van der Waals surface area contributed by atoms with Crippen molar-refractivity contribution in [3.05, 3.63) is 11.8 Å². The van der Waals surface area contributed by atoms with Crippen molar-refractivity contribution in [3.63, 3.8) is 0 Å². The Hall–Kier alpha value is -2.10. The van der Waals surface area contributed by atoms with Crippen LogP contribution in [0.2, 0.25) is 0 Å². The van der Waals surface area contributed by atoms with Crippen molar-refractivity contribution in [1.29, 1.82) is 0 Å². The molecule has 5 nitrogen and oxygen atoms in total. The Balaban J connectivity index is 2.86. The molecule has 7 heteroatoms. The van der Waals surface area contributed by atoms with E-state index in [2.05, 4.69) is 15.8 Å². The molecule has 0 spiro atoms. The second kappa shape index (κ2) is 5.30. The average molecular weight is 243 g/mol. The van der Waals surface area contributed by atoms with E-state index in [1.165, 1.54) is 19.0 Å². The van der Waals surface area contributed by atoms with Crippen LogP contribution in [0.1, 0.15) is 10.5 Å². The first-order chi connectivity index (χ1) is 7.95. The summed E-state index contributed by atoms with van der Waals surface area (Å²) in [7, 11) is 2.89. The van der Waals surface area contributed by atoms with Crippen molar-refractivity contribution in [2.75, 3.05) is 13.6 Å². The largest absolute Gasteiger partial charge is 0.417 e. The highest BCUT2D eigenvalue weighted by Crippen LogP contribution is 2.15. The van der Waals surface area contributed by atoms with Gasteiger partial charge >= 0.3 is 6.61 Å². The number of carbonyl (C=O) groups is 1. The molecule has 0 saturated carbocycles. The summed E-state index contributed by atoms with van der Waals surface area (Å²) in [6, 6.07) is 1.14. The number of aryl methyl sites for hydroxylation is 1. The maximum Gasteiger partial charge on any atom is 0.388 e. The Labute approximate surface area is 97.0 Å². The van der Waals surface area contributed by atoms with Crippen LogP contribution >= 0.6 is 0 Å². The number of hydrogen-bond acceptors (Lipinski definition) is 3. The molecule has 92 valence electrons. The lowest BCUT2D eigenvalue weighted by atomic mass is 10.3. The van der Waals surface area contributed by atoms with E-state index >= 15 is 0 Å². The summed E-state index contributed by atoms with van der Waals surface area (Å²) < 4.78 is 29.2. The van der Waals surface area contributed by atoms with E-state index in [1.54, 1.807) is 0 Å². The lowest BCUT2D eigenvalue weighted by Crippen LogP contribution is -2.27. The van der Waals surface area contributed by atoms with Gasteiger partial charge in [-0.3, -0.25) is 4.79 Å². The van der Waals surface area contributed by atoms with E-state index in [4.69, 9.17) is 6.42 Å². The van der Waals surface area contributed by atoms with Gasteiger partial charge < -0.3 is 9.64 Å². The Morgan fingerprint density at radius 1 is 1.76 bits per heavy atom. The number of halogens is 2. The maximum absolute atomic E-state index is 12.0. The van der Waals surface area contributed by atoms with Gasteiger partial charge in [0.1, 0.15) is 0 Å². The topological polar surface area (TPSA) is 47.4 Å². The minimum atomic E-state index is -2.96. The molecule has 0 bridgehead atoms. The normalized spacial score (nSPS) is 10.1. The summed E-state index contributed by atoms with van der Waals surface area (Å²) in [4.78, 5) is 12.9. The molecule has 0 radical (unpaired) electrons. The van der Waals surface area contributed by atoms with Gasteiger partial charge in [0.15, 0.2) is 5.69 Å². The van der Waals surface area contributed by atoms with Gasteiger partial charge in [-0.25, -0.2) is 4.68 Å². The first kappa shape index (κ1) is 13.0. The van der Waals surface area contributed by atoms with Crippen molar-refractivity contribution in [3.8, 4) is 18.2 Å². The van der Waals surface area contributed by atoms with Gasteiger partial charge in [0, 0.05) is 20.2 Å². The first-order valence-corrected chi connectivity index (χ1v) is 4.63. The van der Waals surface area contributed by atoms with E-state index in [1.807, 2.05) is 0 Å². The quantitative estimate of drug-likeness (QED) is 0.732. The van der Waals surface area contributed by atoms with Crippen molar-refractivity contribution >= 4 is 5.91 Å². The standard InChI is InChI=1S/C10H11F2N3O2/c1-4-5-14(2)9(16)7-6-8(15(3)13-7)17-10(11)12/h1,6,10H,5H2,2-3H3. The van der Waals surface area contributed by atoms with Crippen LogP contribution in [-0.4, -0.2) is 40.8 Å². The van der Waals surface area contributed by atoms with Crippen molar-refractivity contribution < 1.29 is 18.3 Å². The van der Waals surface area contributed by atoms with E-state index in [0.29, 0.717) is 0 Å². The van der Waals surface area contributed by atoms with Crippen LogP contribution < -0.4 is 4.74 Å². The Morgan fingerprint density at radius 3 is 2.94 bits per heavy atom. The van der Waals surface area contributed by atoms with Gasteiger partial charge in [0.05, 0.1) is 6.54 Å². The fourth-order valence-corrected chi connectivity index (χ4v) is 1.16. The number of rotatable bonds is 4. The molecule has 0 aliphatic rings. The predicted molar refractivity (Wildman–Crippen MR) is 55.6 cm³/mol. The fourth-order valence-electron chi connectivity index (χ4n) is 1.16. The highest BCUT2D eigenvalue weighted by molar-refractivity contribution is 5.92. The molecule has 1 rings (SSSR count). The van der Waals surface area contributed by atoms with Gasteiger partial charge in [-0.15, -0.1) is 6.42 Å². The summed E-state index contributed by atoms with van der Waals surface area (Å²) in [5, 5.41) is 3.77. The van der Waals surface area contributed by atoms with Gasteiger partial charge in [0.2, 0.25) is 5.88 Å². The Kier molecular flexibility index (Phi) is 4.04. The highest BCUT2D eigenvalue weighted by atomic mass is 19.3. The maximum atomic E-state index is 12.0. The molecule has 0 atom stereocenters. The van der Waals surface area contributed by atoms with Crippen LogP contribution in [0.4, 0.5) is 8.78 Å². The highest BCUT2D eigenvalue weighted by Gasteiger charge is 2.18. The van der Waals surface area contributed by atoms with Gasteiger partial charge in [-0.2, -0.15) is 13.9 Å². The number of carbonyl (C=O) groups excluding carboxylic acids is 1. The molecule has 0 fully saturated rings. The fraction of sp³-hybridized carbons (Fsp3) is 0.400. The lowest BCUT2D eigenvalue weighted by molar-refractivity contribution is -0.0553. The molecule has 0 N–H and O–H groups in total. The zero-order valence-corrected chi connectivity index (χ0v) is 9.35. The molecule has 1 heterocycles. The zero-order chi connectivity index (χ0) is 13.0. The number of terminal acetylenes is 1. The van der Waals surface area contributed by atoms with Crippen LogP contribution in [0.5, 0.6) is 5.88 Å². The van der Waals surface area contributed by atoms with E-state index in [-0.39, 0.29) is 18.1 Å². The van der Waals surface area contributed by atoms with Gasteiger partial charge in [-0.1, -0.05) is 5.92 Å². The van der Waals surface area contributed by atoms with Crippen molar-refractivity contribution in [1.82, 2.24) is 14.7 Å². The summed E-state index contributed by atoms with van der Waals surface area (Å²) >= 11 is 0. The Morgan fingerprint density at radius 2 is 2.41 bits per heavy atom. The molecular weight excluding hydrogens is 232 g/mol. The molecule has 1 aromatic heterocycles. The second-order valence-corrected chi connectivity index (χ2v) is 3.24. The van der Waals surface area contributed by atoms with Crippen LogP contribution in [0.3, 0.4) is 0 Å². The number of hydrogen-bond donors (Lipinski definition) is 0. The molecule has 17 heavy (non-hydrogen) atoms. The van der Waals surface area contributed by atoms with Crippen LogP contribution in [0.15, 0.2) is 6.07 Å². The van der Waals surface area contributed by atoms with Gasteiger partial charge in [0.25, 0.3) is 5.91 Å². The summed E-state index contributed by atoms with van der Waals surface area (Å²) in [5.74, 6) is 1.65. The van der Waals surface area contributed by atoms with Crippen LogP contribution in [0.25, 0.3) is 0 Å². The third kappa shape index (κ3) is 3.17. The molecule has 0 aliphatic carbocycles. The zero-order valence-electron chi connectivity index (χ0n) is 9.35. The number of aromatic nitrogens is 2. The van der Waals surface area contributed by atoms with Crippen molar-refractivity contribution in [2.45, 2.75) is 6.61 Å². The number of nitrogens with zero attached hydrogens (tertiary/aromatic N) is 3. The molecule has 1 aromatic rings. The van der Waals surface area contributed by atoms with Crippen LogP contribution in [0, 0.1) is 12.3 Å². The lowest BCUT2D eigenvalue weighted by Gasteiger charge is -2.10. The Bertz CT molecular complexity index is 451. The summed E-state index contributed by atoms with van der Waals surface area (Å²) in [6.45, 7) is -2.85. The molecule has 0 aliphatic heterocycles. The van der Waals surface area contributed by atoms with E-state index in [0.717, 1.165) is 10.7 Å². The number of amides is 1. The molecule has 1 amide bonds. The third-order valence-electron chi connectivity index (χ3n) is 1.94. The van der Waals surface area contributed by atoms with Crippen LogP contribution in [-0.2, 0) is 7.05 Å². The van der Waals surface area contributed by atoms with E-state index < -0.39 is 12.5 Å². The second-order valence-electron chi connectivity index (χ2n) is 3.24. The molecule has 0 saturated heterocycles. The monoisotopic (exact) mass is 243 g/mol. The minimum absolute atomic E-state index is 0.000833. The SMILES string of the molecule is C#CCN(C)C(=O)c1cc(OC(F)F)n(C)n1. The minimum Gasteiger partial charge on any atom is -0.417 e. The molecular formula is C10H11F2N3O2. The number of ether oxygens (including phenoxy) is 1. The first-order valence-electron chi connectivity index (χ1n) is 4.63. The smallest absolute Gasteiger partial charge is 0.388 e. The van der Waals surface area contributed by atoms with Gasteiger partial charge in [-0.05, 0) is 0 Å². The summed E-state index contributed by atoms with van der Waals surface area (Å²) in [6.07, 6.45) is 5.05. The molecule has 0 unspecified atom stereocenters. The number of alkyl halides is 2. The third-order valence-corrected chi connectivity index (χ3v) is 1.94. The average Bonchev–Trinajstić information content (AvgIpc) is 2.59. The van der Waals surface area contributed by atoms with E-state index in [9.17, 15) is 13.6 Å². The predicted octanol–water partition coefficient (Wildman–Crippen LogP) is 0.727. The molecule has 0 aromatic carbocycles. The van der Waals surface area contributed by atoms with Crippen molar-refractivity contribution in [2.24, 2.45) is 7.05 Å². The summed E-state index contributed by atoms with van der Waals surface area (Å²) in [5.41, 5.74) is 0.000833.